The van der Waals surface area contributed by atoms with Crippen LogP contribution in [0, 0.1) is 0 Å². The Hall–Kier alpha value is -1.06. The zero-order valence-electron chi connectivity index (χ0n) is 18.5. The lowest BCUT2D eigenvalue weighted by molar-refractivity contribution is 0.115. The molecule has 1 aliphatic heterocycles. The van der Waals surface area contributed by atoms with Crippen LogP contribution in [0.15, 0.2) is 29.3 Å². The van der Waals surface area contributed by atoms with Crippen LogP contribution in [0.5, 0.6) is 5.75 Å². The van der Waals surface area contributed by atoms with E-state index in [1.165, 1.54) is 51.5 Å². The zero-order chi connectivity index (χ0) is 20.5. The molecule has 1 saturated carbocycles. The summed E-state index contributed by atoms with van der Waals surface area (Å²) < 4.78 is 5.18. The highest BCUT2D eigenvalue weighted by Crippen LogP contribution is 2.25. The number of aliphatic hydroxyl groups is 1. The molecule has 3 rings (SSSR count). The molecule has 2 atom stereocenters. The number of benzene rings is 1. The molecule has 3 N–H and O–H groups in total. The predicted octanol–water partition coefficient (Wildman–Crippen LogP) is 3.70. The monoisotopic (exact) mass is 530 g/mol. The predicted molar refractivity (Wildman–Crippen MR) is 134 cm³/mol. The minimum Gasteiger partial charge on any atom is -0.497 e. The Balaban J connectivity index is 0.00000320. The molecule has 7 heteroatoms. The normalized spacial score (nSPS) is 22.1. The summed E-state index contributed by atoms with van der Waals surface area (Å²) in [5, 5.41) is 17.5. The van der Waals surface area contributed by atoms with Crippen molar-refractivity contribution in [2.45, 2.75) is 70.1 Å². The molecular formula is C23H39IN4O2. The fraction of sp³-hybridized carbons (Fsp3) is 0.696. The largest absolute Gasteiger partial charge is 0.497 e. The molecule has 2 fully saturated rings. The van der Waals surface area contributed by atoms with Crippen LogP contribution in [0.1, 0.15) is 63.5 Å². The third kappa shape index (κ3) is 7.57. The Morgan fingerprint density at radius 1 is 1.17 bits per heavy atom. The Kier molecular flexibility index (Phi) is 11.2. The van der Waals surface area contributed by atoms with E-state index in [0.29, 0.717) is 12.6 Å². The van der Waals surface area contributed by atoms with Crippen molar-refractivity contribution in [2.75, 3.05) is 33.3 Å². The fourth-order valence-corrected chi connectivity index (χ4v) is 4.52. The number of nitrogens with one attached hydrogen (secondary N) is 2. The first kappa shape index (κ1) is 25.2. The van der Waals surface area contributed by atoms with Gasteiger partial charge in [-0.2, -0.15) is 0 Å². The van der Waals surface area contributed by atoms with Crippen LogP contribution in [0.3, 0.4) is 0 Å². The van der Waals surface area contributed by atoms with E-state index in [0.717, 1.165) is 36.4 Å². The SMILES string of the molecule is CCNC(=NCC(O)c1ccc(OC)cc1)NC1CCCN(C2CCCCC2)C1.I. The maximum absolute atomic E-state index is 10.5. The van der Waals surface area contributed by atoms with Crippen LogP contribution >= 0.6 is 24.0 Å². The topological polar surface area (TPSA) is 69.1 Å². The highest BCUT2D eigenvalue weighted by Gasteiger charge is 2.27. The van der Waals surface area contributed by atoms with Crippen LogP contribution in [0.2, 0.25) is 0 Å². The molecule has 0 spiro atoms. The van der Waals surface area contributed by atoms with Crippen molar-refractivity contribution in [1.82, 2.24) is 15.5 Å². The van der Waals surface area contributed by atoms with Gasteiger partial charge in [0.2, 0.25) is 0 Å². The van der Waals surface area contributed by atoms with E-state index >= 15 is 0 Å². The number of nitrogens with zero attached hydrogens (tertiary/aromatic N) is 2. The number of likely N-dealkylation sites (tertiary alicyclic amines) is 1. The van der Waals surface area contributed by atoms with Crippen molar-refractivity contribution >= 4 is 29.9 Å². The average Bonchev–Trinajstić information content (AvgIpc) is 2.78. The van der Waals surface area contributed by atoms with Gasteiger partial charge >= 0.3 is 0 Å². The van der Waals surface area contributed by atoms with Crippen molar-refractivity contribution in [3.63, 3.8) is 0 Å². The lowest BCUT2D eigenvalue weighted by Crippen LogP contribution is -2.53. The van der Waals surface area contributed by atoms with Crippen molar-refractivity contribution in [3.05, 3.63) is 29.8 Å². The van der Waals surface area contributed by atoms with Gasteiger partial charge in [-0.3, -0.25) is 9.89 Å². The van der Waals surface area contributed by atoms with Crippen molar-refractivity contribution in [2.24, 2.45) is 4.99 Å². The molecule has 0 amide bonds. The highest BCUT2D eigenvalue weighted by molar-refractivity contribution is 14.0. The van der Waals surface area contributed by atoms with E-state index in [2.05, 4.69) is 27.4 Å². The lowest BCUT2D eigenvalue weighted by Gasteiger charge is -2.40. The Morgan fingerprint density at radius 3 is 2.57 bits per heavy atom. The first-order valence-corrected chi connectivity index (χ1v) is 11.3. The second kappa shape index (κ2) is 13.4. The quantitative estimate of drug-likeness (QED) is 0.285. The molecule has 30 heavy (non-hydrogen) atoms. The van der Waals surface area contributed by atoms with Crippen LogP contribution < -0.4 is 15.4 Å². The number of aliphatic hydroxyl groups excluding tert-OH is 1. The first-order valence-electron chi connectivity index (χ1n) is 11.3. The van der Waals surface area contributed by atoms with Crippen molar-refractivity contribution in [3.8, 4) is 5.75 Å². The number of rotatable bonds is 7. The standard InChI is InChI=1S/C23H38N4O2.HI/c1-3-24-23(25-16-22(28)18-11-13-21(29-2)14-12-18)26-19-8-7-15-27(17-19)20-9-5-4-6-10-20;/h11-14,19-20,22,28H,3-10,15-17H2,1-2H3,(H2,24,25,26);1H. The number of hydrogen-bond donors (Lipinski definition) is 3. The molecule has 2 aliphatic rings. The zero-order valence-corrected chi connectivity index (χ0v) is 20.8. The summed E-state index contributed by atoms with van der Waals surface area (Å²) in [6, 6.07) is 8.71. The van der Waals surface area contributed by atoms with Crippen molar-refractivity contribution < 1.29 is 9.84 Å². The van der Waals surface area contributed by atoms with Crippen LogP contribution in [0.4, 0.5) is 0 Å². The van der Waals surface area contributed by atoms with Crippen molar-refractivity contribution in [1.29, 1.82) is 0 Å². The third-order valence-corrected chi connectivity index (χ3v) is 6.15. The van der Waals surface area contributed by atoms with Gasteiger partial charge in [-0.1, -0.05) is 31.4 Å². The average molecular weight is 530 g/mol. The summed E-state index contributed by atoms with van der Waals surface area (Å²) in [6.45, 7) is 5.54. The van der Waals surface area contributed by atoms with Gasteiger partial charge in [0, 0.05) is 25.2 Å². The molecule has 6 nitrogen and oxygen atoms in total. The fourth-order valence-electron chi connectivity index (χ4n) is 4.52. The number of piperidine rings is 1. The molecule has 1 aromatic carbocycles. The molecule has 0 bridgehead atoms. The number of methoxy groups -OCH3 is 1. The Bertz CT molecular complexity index is 635. The summed E-state index contributed by atoms with van der Waals surface area (Å²) in [7, 11) is 1.64. The second-order valence-electron chi connectivity index (χ2n) is 8.28. The lowest BCUT2D eigenvalue weighted by atomic mass is 9.92. The van der Waals surface area contributed by atoms with Gasteiger partial charge in [-0.05, 0) is 56.8 Å². The van der Waals surface area contributed by atoms with Crippen LogP contribution in [-0.2, 0) is 0 Å². The summed E-state index contributed by atoms with van der Waals surface area (Å²) in [5.41, 5.74) is 0.853. The molecule has 2 unspecified atom stereocenters. The second-order valence-corrected chi connectivity index (χ2v) is 8.28. The van der Waals surface area contributed by atoms with E-state index in [4.69, 9.17) is 4.74 Å². The van der Waals surface area contributed by atoms with E-state index < -0.39 is 6.10 Å². The van der Waals surface area contributed by atoms with Crippen LogP contribution in [0.25, 0.3) is 0 Å². The molecule has 1 aliphatic carbocycles. The molecule has 170 valence electrons. The molecule has 0 radical (unpaired) electrons. The molecule has 0 aromatic heterocycles. The molecular weight excluding hydrogens is 491 g/mol. The van der Waals surface area contributed by atoms with Gasteiger partial charge in [0.25, 0.3) is 0 Å². The number of halogens is 1. The number of hydrogen-bond acceptors (Lipinski definition) is 4. The van der Waals surface area contributed by atoms with Gasteiger partial charge in [-0.25, -0.2) is 0 Å². The van der Waals surface area contributed by atoms with Gasteiger partial charge in [0.1, 0.15) is 5.75 Å². The third-order valence-electron chi connectivity index (χ3n) is 6.15. The Morgan fingerprint density at radius 2 is 1.90 bits per heavy atom. The summed E-state index contributed by atoms with van der Waals surface area (Å²) in [6.07, 6.45) is 8.67. The number of ether oxygens (including phenoxy) is 1. The molecule has 1 heterocycles. The number of guanidine groups is 1. The maximum atomic E-state index is 10.5. The summed E-state index contributed by atoms with van der Waals surface area (Å²) in [5.74, 6) is 1.59. The Labute approximate surface area is 198 Å². The minimum absolute atomic E-state index is 0. The highest BCUT2D eigenvalue weighted by atomic mass is 127. The van der Waals surface area contributed by atoms with E-state index in [-0.39, 0.29) is 24.0 Å². The summed E-state index contributed by atoms with van der Waals surface area (Å²) in [4.78, 5) is 7.35. The number of aliphatic imine (C=N–C) groups is 1. The van der Waals surface area contributed by atoms with E-state index in [1.807, 2.05) is 24.3 Å². The molecule has 1 aromatic rings. The van der Waals surface area contributed by atoms with Gasteiger partial charge in [0.15, 0.2) is 5.96 Å². The first-order chi connectivity index (χ1) is 14.2. The van der Waals surface area contributed by atoms with E-state index in [9.17, 15) is 5.11 Å². The van der Waals surface area contributed by atoms with Gasteiger partial charge in [0.05, 0.1) is 19.8 Å². The van der Waals surface area contributed by atoms with Gasteiger partial charge < -0.3 is 20.5 Å². The summed E-state index contributed by atoms with van der Waals surface area (Å²) >= 11 is 0. The molecule has 1 saturated heterocycles. The van der Waals surface area contributed by atoms with Gasteiger partial charge in [-0.15, -0.1) is 24.0 Å². The maximum Gasteiger partial charge on any atom is 0.191 e. The van der Waals surface area contributed by atoms with Crippen LogP contribution in [-0.4, -0.2) is 61.3 Å². The minimum atomic E-state index is -0.624. The smallest absolute Gasteiger partial charge is 0.191 e. The van der Waals surface area contributed by atoms with E-state index in [1.54, 1.807) is 7.11 Å².